The van der Waals surface area contributed by atoms with Gasteiger partial charge in [0.15, 0.2) is 16.6 Å². The molecule has 0 aliphatic heterocycles. The van der Waals surface area contributed by atoms with Crippen molar-refractivity contribution in [2.24, 2.45) is 5.10 Å². The Morgan fingerprint density at radius 3 is 2.67 bits per heavy atom. The Morgan fingerprint density at radius 1 is 1.17 bits per heavy atom. The quantitative estimate of drug-likeness (QED) is 0.460. The van der Waals surface area contributed by atoms with Crippen molar-refractivity contribution >= 4 is 23.5 Å². The van der Waals surface area contributed by atoms with Crippen molar-refractivity contribution in [1.29, 1.82) is 0 Å². The number of ether oxygens (including phenoxy) is 2. The molecule has 2 aromatic carbocycles. The van der Waals surface area contributed by atoms with Crippen molar-refractivity contribution in [2.75, 3.05) is 13.7 Å². The lowest BCUT2D eigenvalue weighted by Crippen LogP contribution is -2.31. The van der Waals surface area contributed by atoms with Gasteiger partial charge in [-0.3, -0.25) is 5.43 Å². The van der Waals surface area contributed by atoms with Crippen molar-refractivity contribution in [3.05, 3.63) is 59.7 Å². The Hall–Kier alpha value is -2.60. The number of hydrogen-bond acceptors (Lipinski definition) is 4. The number of para-hydroxylation sites is 1. The van der Waals surface area contributed by atoms with Gasteiger partial charge in [-0.15, -0.1) is 0 Å². The average molecular weight is 343 g/mol. The molecule has 0 amide bonds. The third-order valence-electron chi connectivity index (χ3n) is 3.16. The van der Waals surface area contributed by atoms with E-state index in [0.29, 0.717) is 23.2 Å². The minimum Gasteiger partial charge on any atom is -0.493 e. The minimum atomic E-state index is 0.450. The highest BCUT2D eigenvalue weighted by Gasteiger charge is 2.09. The van der Waals surface area contributed by atoms with Gasteiger partial charge in [0.25, 0.3) is 0 Å². The molecule has 0 saturated heterocycles. The molecule has 2 rings (SSSR count). The van der Waals surface area contributed by atoms with Crippen LogP contribution < -0.4 is 20.2 Å². The molecule has 6 heteroatoms. The molecule has 0 aliphatic carbocycles. The SMILES string of the molecule is CCNC(=S)N/N=C/c1cccc(OC)c1OCc1ccccc1. The molecule has 2 N–H and O–H groups in total. The van der Waals surface area contributed by atoms with E-state index in [4.69, 9.17) is 21.7 Å². The second kappa shape index (κ2) is 9.52. The van der Waals surface area contributed by atoms with E-state index in [9.17, 15) is 0 Å². The topological polar surface area (TPSA) is 54.9 Å². The van der Waals surface area contributed by atoms with E-state index in [1.807, 2.05) is 55.5 Å². The van der Waals surface area contributed by atoms with E-state index >= 15 is 0 Å². The van der Waals surface area contributed by atoms with Gasteiger partial charge >= 0.3 is 0 Å². The van der Waals surface area contributed by atoms with E-state index < -0.39 is 0 Å². The van der Waals surface area contributed by atoms with Crippen molar-refractivity contribution < 1.29 is 9.47 Å². The van der Waals surface area contributed by atoms with Crippen LogP contribution in [0.15, 0.2) is 53.6 Å². The second-order valence-electron chi connectivity index (χ2n) is 4.88. The third-order valence-corrected chi connectivity index (χ3v) is 3.40. The highest BCUT2D eigenvalue weighted by molar-refractivity contribution is 7.80. The summed E-state index contributed by atoms with van der Waals surface area (Å²) in [6.07, 6.45) is 1.66. The van der Waals surface area contributed by atoms with Gasteiger partial charge in [0.1, 0.15) is 6.61 Å². The summed E-state index contributed by atoms with van der Waals surface area (Å²) in [5.41, 5.74) is 4.65. The molecule has 2 aromatic rings. The predicted octanol–water partition coefficient (Wildman–Crippen LogP) is 3.09. The number of benzene rings is 2. The van der Waals surface area contributed by atoms with E-state index in [2.05, 4.69) is 15.8 Å². The maximum Gasteiger partial charge on any atom is 0.186 e. The first-order valence-electron chi connectivity index (χ1n) is 7.65. The molecular weight excluding hydrogens is 322 g/mol. The Bertz CT molecular complexity index is 690. The molecule has 0 aliphatic rings. The summed E-state index contributed by atoms with van der Waals surface area (Å²) in [4.78, 5) is 0. The zero-order valence-electron chi connectivity index (χ0n) is 13.8. The molecule has 5 nitrogen and oxygen atoms in total. The molecule has 0 radical (unpaired) electrons. The van der Waals surface area contributed by atoms with Gasteiger partial charge < -0.3 is 14.8 Å². The number of hydrogen-bond donors (Lipinski definition) is 2. The lowest BCUT2D eigenvalue weighted by atomic mass is 10.2. The molecule has 0 heterocycles. The first-order valence-corrected chi connectivity index (χ1v) is 8.06. The Kier molecular flexibility index (Phi) is 7.04. The summed E-state index contributed by atoms with van der Waals surface area (Å²) in [7, 11) is 1.62. The molecule has 0 unspecified atom stereocenters. The van der Waals surface area contributed by atoms with Crippen LogP contribution in [0, 0.1) is 0 Å². The van der Waals surface area contributed by atoms with Crippen LogP contribution in [0.4, 0.5) is 0 Å². The van der Waals surface area contributed by atoms with Crippen LogP contribution in [0.25, 0.3) is 0 Å². The van der Waals surface area contributed by atoms with E-state index in [1.54, 1.807) is 13.3 Å². The van der Waals surface area contributed by atoms with Crippen LogP contribution in [-0.2, 0) is 6.61 Å². The zero-order valence-corrected chi connectivity index (χ0v) is 14.6. The van der Waals surface area contributed by atoms with Crippen LogP contribution >= 0.6 is 12.2 Å². The number of methoxy groups -OCH3 is 1. The first kappa shape index (κ1) is 17.7. The molecule has 0 aromatic heterocycles. The summed E-state index contributed by atoms with van der Waals surface area (Å²) in [5.74, 6) is 1.30. The molecular formula is C18H21N3O2S. The number of nitrogens with zero attached hydrogens (tertiary/aromatic N) is 1. The van der Waals surface area contributed by atoms with E-state index in [1.165, 1.54) is 0 Å². The van der Waals surface area contributed by atoms with E-state index in [0.717, 1.165) is 17.7 Å². The predicted molar refractivity (Wildman–Crippen MR) is 101 cm³/mol. The number of rotatable bonds is 7. The molecule has 0 bridgehead atoms. The van der Waals surface area contributed by atoms with Crippen molar-refractivity contribution in [3.8, 4) is 11.5 Å². The zero-order chi connectivity index (χ0) is 17.2. The maximum absolute atomic E-state index is 5.96. The first-order chi connectivity index (χ1) is 11.7. The van der Waals surface area contributed by atoms with Crippen molar-refractivity contribution in [1.82, 2.24) is 10.7 Å². The lowest BCUT2D eigenvalue weighted by molar-refractivity contribution is 0.284. The fourth-order valence-electron chi connectivity index (χ4n) is 2.04. The largest absolute Gasteiger partial charge is 0.493 e. The Labute approximate surface area is 147 Å². The number of hydrazone groups is 1. The van der Waals surface area contributed by atoms with Gasteiger partial charge in [-0.05, 0) is 36.8 Å². The van der Waals surface area contributed by atoms with Crippen LogP contribution in [-0.4, -0.2) is 25.0 Å². The van der Waals surface area contributed by atoms with Crippen LogP contribution in [0.1, 0.15) is 18.1 Å². The standard InChI is InChI=1S/C18H21N3O2S/c1-3-19-18(24)21-20-12-15-10-7-11-16(22-2)17(15)23-13-14-8-5-4-6-9-14/h4-12H,3,13H2,1-2H3,(H2,19,21,24)/b20-12+. The van der Waals surface area contributed by atoms with Gasteiger partial charge in [-0.2, -0.15) is 5.10 Å². The average Bonchev–Trinajstić information content (AvgIpc) is 2.61. The van der Waals surface area contributed by atoms with Crippen LogP contribution in [0.3, 0.4) is 0 Å². The Morgan fingerprint density at radius 2 is 1.96 bits per heavy atom. The minimum absolute atomic E-state index is 0.450. The summed E-state index contributed by atoms with van der Waals surface area (Å²) < 4.78 is 11.4. The summed E-state index contributed by atoms with van der Waals surface area (Å²) in [6, 6.07) is 15.6. The van der Waals surface area contributed by atoms with Crippen LogP contribution in [0.5, 0.6) is 11.5 Å². The van der Waals surface area contributed by atoms with Crippen molar-refractivity contribution in [3.63, 3.8) is 0 Å². The van der Waals surface area contributed by atoms with Gasteiger partial charge in [0.2, 0.25) is 0 Å². The highest BCUT2D eigenvalue weighted by atomic mass is 32.1. The summed E-state index contributed by atoms with van der Waals surface area (Å²) >= 11 is 5.07. The van der Waals surface area contributed by atoms with Gasteiger partial charge in [-0.25, -0.2) is 0 Å². The number of nitrogens with one attached hydrogen (secondary N) is 2. The third kappa shape index (κ3) is 5.24. The lowest BCUT2D eigenvalue weighted by Gasteiger charge is -2.13. The van der Waals surface area contributed by atoms with Crippen molar-refractivity contribution in [2.45, 2.75) is 13.5 Å². The van der Waals surface area contributed by atoms with Gasteiger partial charge in [-0.1, -0.05) is 36.4 Å². The monoisotopic (exact) mass is 343 g/mol. The summed E-state index contributed by atoms with van der Waals surface area (Å²) in [5, 5.41) is 7.58. The smallest absolute Gasteiger partial charge is 0.186 e. The molecule has 126 valence electrons. The van der Waals surface area contributed by atoms with Gasteiger partial charge in [0.05, 0.1) is 13.3 Å². The summed E-state index contributed by atoms with van der Waals surface area (Å²) in [6.45, 7) is 3.16. The fraction of sp³-hybridized carbons (Fsp3) is 0.222. The maximum atomic E-state index is 5.96. The second-order valence-corrected chi connectivity index (χ2v) is 5.29. The molecule has 24 heavy (non-hydrogen) atoms. The highest BCUT2D eigenvalue weighted by Crippen LogP contribution is 2.30. The van der Waals surface area contributed by atoms with Gasteiger partial charge in [0, 0.05) is 12.1 Å². The molecule has 0 saturated carbocycles. The molecule has 0 atom stereocenters. The number of thiocarbonyl (C=S) groups is 1. The Balaban J connectivity index is 2.12. The van der Waals surface area contributed by atoms with Crippen LogP contribution in [0.2, 0.25) is 0 Å². The molecule has 0 fully saturated rings. The van der Waals surface area contributed by atoms with E-state index in [-0.39, 0.29) is 0 Å². The fourth-order valence-corrected chi connectivity index (χ4v) is 2.24. The normalized spacial score (nSPS) is 10.4. The molecule has 0 spiro atoms.